The number of furan rings is 1. The van der Waals surface area contributed by atoms with Gasteiger partial charge in [-0.2, -0.15) is 0 Å². The van der Waals surface area contributed by atoms with E-state index in [2.05, 4.69) is 0 Å². The second-order valence-corrected chi connectivity index (χ2v) is 9.47. The number of carbonyl (C=O) groups excluding carboxylic acids is 2. The molecule has 6 nitrogen and oxygen atoms in total. The summed E-state index contributed by atoms with van der Waals surface area (Å²) in [4.78, 5) is 31.0. The van der Waals surface area contributed by atoms with Gasteiger partial charge in [-0.1, -0.05) is 13.8 Å². The Morgan fingerprint density at radius 3 is 2.73 bits per heavy atom. The van der Waals surface area contributed by atoms with Crippen molar-refractivity contribution in [1.82, 2.24) is 9.80 Å². The van der Waals surface area contributed by atoms with E-state index < -0.39 is 0 Å². The summed E-state index contributed by atoms with van der Waals surface area (Å²) in [7, 11) is 0. The molecule has 0 radical (unpaired) electrons. The van der Waals surface area contributed by atoms with Gasteiger partial charge in [0.15, 0.2) is 5.76 Å². The lowest BCUT2D eigenvalue weighted by molar-refractivity contribution is -0.135. The second-order valence-electron chi connectivity index (χ2n) is 8.47. The molecule has 174 valence electrons. The number of hydrogen-bond donors (Lipinski definition) is 0. The highest BCUT2D eigenvalue weighted by atomic mass is 32.1. The minimum absolute atomic E-state index is 0.0375. The molecule has 33 heavy (non-hydrogen) atoms. The first-order valence-electron chi connectivity index (χ1n) is 11.0. The van der Waals surface area contributed by atoms with Crippen LogP contribution in [0.2, 0.25) is 0 Å². The van der Waals surface area contributed by atoms with Crippen molar-refractivity contribution >= 4 is 23.2 Å². The van der Waals surface area contributed by atoms with E-state index in [1.165, 1.54) is 23.3 Å². The molecule has 0 saturated carbocycles. The molecule has 3 aromatic rings. The summed E-state index contributed by atoms with van der Waals surface area (Å²) >= 11 is 1.67. The van der Waals surface area contributed by atoms with Crippen LogP contribution in [0, 0.1) is 11.7 Å². The van der Waals surface area contributed by atoms with Crippen molar-refractivity contribution in [2.75, 3.05) is 26.2 Å². The number of fused-ring (bicyclic) bond motifs is 1. The van der Waals surface area contributed by atoms with Gasteiger partial charge in [0.1, 0.15) is 24.7 Å². The normalized spacial score (nSPS) is 15.4. The quantitative estimate of drug-likeness (QED) is 0.475. The van der Waals surface area contributed by atoms with E-state index in [4.69, 9.17) is 9.15 Å². The van der Waals surface area contributed by atoms with Crippen LogP contribution in [0.1, 0.15) is 40.9 Å². The molecule has 4 rings (SSSR count). The fraction of sp³-hybridized carbons (Fsp3) is 0.360. The lowest BCUT2D eigenvalue weighted by Crippen LogP contribution is -2.48. The smallest absolute Gasteiger partial charge is 0.290 e. The van der Waals surface area contributed by atoms with Gasteiger partial charge in [0, 0.05) is 18.0 Å². The number of thiophene rings is 1. The highest BCUT2D eigenvalue weighted by Gasteiger charge is 2.34. The predicted octanol–water partition coefficient (Wildman–Crippen LogP) is 4.78. The van der Waals surface area contributed by atoms with E-state index >= 15 is 0 Å². The van der Waals surface area contributed by atoms with Gasteiger partial charge in [0.05, 0.1) is 12.3 Å². The molecule has 2 aromatic heterocycles. The summed E-state index contributed by atoms with van der Waals surface area (Å²) in [6, 6.07) is 10.9. The zero-order valence-electron chi connectivity index (χ0n) is 18.7. The molecule has 8 heteroatoms. The molecule has 0 fully saturated rings. The first-order chi connectivity index (χ1) is 15.9. The van der Waals surface area contributed by atoms with E-state index in [0.29, 0.717) is 18.8 Å². The Labute approximate surface area is 196 Å². The van der Waals surface area contributed by atoms with Gasteiger partial charge >= 0.3 is 0 Å². The monoisotopic (exact) mass is 470 g/mol. The van der Waals surface area contributed by atoms with Crippen LogP contribution in [-0.4, -0.2) is 47.9 Å². The van der Waals surface area contributed by atoms with Crippen molar-refractivity contribution < 1.29 is 23.1 Å². The summed E-state index contributed by atoms with van der Waals surface area (Å²) in [5.74, 6) is 0.191. The molecule has 1 aliphatic heterocycles. The van der Waals surface area contributed by atoms with Gasteiger partial charge in [0.2, 0.25) is 5.91 Å². The molecule has 0 aliphatic carbocycles. The van der Waals surface area contributed by atoms with Crippen LogP contribution in [0.15, 0.2) is 58.5 Å². The summed E-state index contributed by atoms with van der Waals surface area (Å²) in [5, 5.41) is 2.02. The Morgan fingerprint density at radius 2 is 2.03 bits per heavy atom. The van der Waals surface area contributed by atoms with Gasteiger partial charge in [-0.05, 0) is 65.7 Å². The number of carbonyl (C=O) groups is 2. The van der Waals surface area contributed by atoms with Crippen molar-refractivity contribution in [2.45, 2.75) is 26.3 Å². The van der Waals surface area contributed by atoms with Crippen LogP contribution >= 0.6 is 11.3 Å². The van der Waals surface area contributed by atoms with Crippen molar-refractivity contribution in [2.24, 2.45) is 5.92 Å². The maximum Gasteiger partial charge on any atom is 0.290 e. The highest BCUT2D eigenvalue weighted by Crippen LogP contribution is 2.34. The molecule has 0 bridgehead atoms. The van der Waals surface area contributed by atoms with Gasteiger partial charge in [-0.25, -0.2) is 4.39 Å². The Bertz CT molecular complexity index is 1080. The maximum atomic E-state index is 13.5. The molecule has 2 amide bonds. The topological polar surface area (TPSA) is 63.0 Å². The standard InChI is InChI=1S/C25H27FN2O4S/c1-17(2)14-27(25(30)22-4-3-12-31-22)15-24(29)28-11-9-23-20(10-13-33-23)21(28)16-32-19-7-5-18(26)6-8-19/h3-8,10,12-13,17,21H,9,11,14-16H2,1-2H3. The molecule has 0 saturated heterocycles. The molecule has 0 spiro atoms. The molecular weight excluding hydrogens is 443 g/mol. The average Bonchev–Trinajstić information content (AvgIpc) is 3.49. The Morgan fingerprint density at radius 1 is 1.24 bits per heavy atom. The van der Waals surface area contributed by atoms with Crippen LogP contribution in [0.4, 0.5) is 4.39 Å². The van der Waals surface area contributed by atoms with Crippen molar-refractivity contribution in [3.8, 4) is 5.75 Å². The summed E-state index contributed by atoms with van der Waals surface area (Å²) < 4.78 is 24.4. The van der Waals surface area contributed by atoms with Crippen LogP contribution in [-0.2, 0) is 11.2 Å². The van der Waals surface area contributed by atoms with E-state index in [-0.39, 0.29) is 48.5 Å². The number of ether oxygens (including phenoxy) is 1. The SMILES string of the molecule is CC(C)CN(CC(=O)N1CCc2sccc2C1COc1ccc(F)cc1)C(=O)c1ccco1. The molecule has 1 unspecified atom stereocenters. The summed E-state index contributed by atoms with van der Waals surface area (Å²) in [6.07, 6.45) is 2.22. The van der Waals surface area contributed by atoms with Gasteiger partial charge in [-0.15, -0.1) is 11.3 Å². The van der Waals surface area contributed by atoms with Crippen molar-refractivity contribution in [1.29, 1.82) is 0 Å². The number of benzene rings is 1. The molecular formula is C25H27FN2O4S. The number of nitrogens with zero attached hydrogens (tertiary/aromatic N) is 2. The molecule has 0 N–H and O–H groups in total. The van der Waals surface area contributed by atoms with Gasteiger partial charge < -0.3 is 19.0 Å². The molecule has 1 aliphatic rings. The van der Waals surface area contributed by atoms with E-state index in [1.54, 1.807) is 45.4 Å². The highest BCUT2D eigenvalue weighted by molar-refractivity contribution is 7.10. The Hall–Kier alpha value is -3.13. The van der Waals surface area contributed by atoms with Gasteiger partial charge in [0.25, 0.3) is 5.91 Å². The largest absolute Gasteiger partial charge is 0.491 e. The fourth-order valence-corrected chi connectivity index (χ4v) is 4.98. The van der Waals surface area contributed by atoms with E-state index in [1.807, 2.05) is 25.3 Å². The minimum atomic E-state index is -0.330. The number of hydrogen-bond acceptors (Lipinski definition) is 5. The average molecular weight is 471 g/mol. The molecule has 1 atom stereocenters. The fourth-order valence-electron chi connectivity index (χ4n) is 4.05. The van der Waals surface area contributed by atoms with Crippen molar-refractivity contribution in [3.63, 3.8) is 0 Å². The lowest BCUT2D eigenvalue weighted by Gasteiger charge is -2.37. The minimum Gasteiger partial charge on any atom is -0.491 e. The van der Waals surface area contributed by atoms with Crippen LogP contribution < -0.4 is 4.74 Å². The van der Waals surface area contributed by atoms with Gasteiger partial charge in [-0.3, -0.25) is 9.59 Å². The third kappa shape index (κ3) is 5.45. The number of rotatable bonds is 8. The third-order valence-electron chi connectivity index (χ3n) is 5.57. The van der Waals surface area contributed by atoms with Crippen LogP contribution in [0.5, 0.6) is 5.75 Å². The van der Waals surface area contributed by atoms with E-state index in [9.17, 15) is 14.0 Å². The maximum absolute atomic E-state index is 13.5. The third-order valence-corrected chi connectivity index (χ3v) is 6.56. The molecule has 1 aromatic carbocycles. The van der Waals surface area contributed by atoms with E-state index in [0.717, 1.165) is 12.0 Å². The number of amides is 2. The first kappa shape index (κ1) is 23.0. The zero-order valence-corrected chi connectivity index (χ0v) is 19.5. The predicted molar refractivity (Wildman–Crippen MR) is 124 cm³/mol. The molecule has 3 heterocycles. The lowest BCUT2D eigenvalue weighted by atomic mass is 10.00. The van der Waals surface area contributed by atoms with Crippen LogP contribution in [0.3, 0.4) is 0 Å². The summed E-state index contributed by atoms with van der Waals surface area (Å²) in [6.45, 7) is 5.21. The Balaban J connectivity index is 1.52. The summed E-state index contributed by atoms with van der Waals surface area (Å²) in [5.41, 5.74) is 1.06. The number of halogens is 1. The van der Waals surface area contributed by atoms with Crippen LogP contribution in [0.25, 0.3) is 0 Å². The zero-order chi connectivity index (χ0) is 23.4. The second kappa shape index (κ2) is 10.2. The Kier molecular flexibility index (Phi) is 7.13. The first-order valence-corrected chi connectivity index (χ1v) is 11.9. The van der Waals surface area contributed by atoms with Crippen molar-refractivity contribution in [3.05, 3.63) is 76.1 Å².